The molecule has 1 spiro atoms. The van der Waals surface area contributed by atoms with E-state index in [1.54, 1.807) is 0 Å². The van der Waals surface area contributed by atoms with Crippen LogP contribution in [-0.2, 0) is 22.4 Å². The molecular weight excluding hydrogens is 328 g/mol. The number of nitrogens with zero attached hydrogens (tertiary/aromatic N) is 3. The number of nitrogens with one attached hydrogen (secondary N) is 1. The summed E-state index contributed by atoms with van der Waals surface area (Å²) in [6, 6.07) is 6.61. The second-order valence-electron chi connectivity index (χ2n) is 7.29. The largest absolute Gasteiger partial charge is 0.381 e. The van der Waals surface area contributed by atoms with Crippen LogP contribution in [0.4, 0.5) is 5.82 Å². The Morgan fingerprint density at radius 2 is 2.08 bits per heavy atom. The summed E-state index contributed by atoms with van der Waals surface area (Å²) >= 11 is 0. The fraction of sp³-hybridized carbons (Fsp3) is 0.600. The van der Waals surface area contributed by atoms with E-state index in [0.29, 0.717) is 12.1 Å². The summed E-state index contributed by atoms with van der Waals surface area (Å²) in [6.07, 6.45) is 10.2. The van der Waals surface area contributed by atoms with E-state index in [-0.39, 0.29) is 5.41 Å². The van der Waals surface area contributed by atoms with Crippen LogP contribution in [0.2, 0.25) is 0 Å². The molecule has 1 aliphatic carbocycles. The average Bonchev–Trinajstić information content (AvgIpc) is 3.15. The van der Waals surface area contributed by atoms with Gasteiger partial charge in [0.1, 0.15) is 5.82 Å². The van der Waals surface area contributed by atoms with Crippen LogP contribution < -0.4 is 5.32 Å². The Bertz CT molecular complexity index is 697. The summed E-state index contributed by atoms with van der Waals surface area (Å²) in [5, 5.41) is 8.38. The lowest BCUT2D eigenvalue weighted by Crippen LogP contribution is -2.63. The molecule has 3 heterocycles. The summed E-state index contributed by atoms with van der Waals surface area (Å²) < 4.78 is 13.6. The van der Waals surface area contributed by atoms with Crippen molar-refractivity contribution in [3.8, 4) is 0 Å². The van der Waals surface area contributed by atoms with Crippen molar-refractivity contribution in [2.45, 2.75) is 51.3 Å². The molecule has 1 saturated heterocycles. The molecule has 6 heteroatoms. The predicted molar refractivity (Wildman–Crippen MR) is 100 cm³/mol. The van der Waals surface area contributed by atoms with E-state index in [0.717, 1.165) is 57.9 Å². The summed E-state index contributed by atoms with van der Waals surface area (Å²) in [4.78, 5) is 4.06. The fourth-order valence-electron chi connectivity index (χ4n) is 4.34. The van der Waals surface area contributed by atoms with Gasteiger partial charge in [-0.15, -0.1) is 0 Å². The molecule has 0 radical (unpaired) electrons. The first-order valence-corrected chi connectivity index (χ1v) is 9.68. The van der Waals surface area contributed by atoms with Crippen molar-refractivity contribution < 1.29 is 9.47 Å². The fourth-order valence-corrected chi connectivity index (χ4v) is 4.34. The number of ether oxygens (including phenoxy) is 2. The predicted octanol–water partition coefficient (Wildman–Crippen LogP) is 2.91. The zero-order chi connectivity index (χ0) is 17.8. The van der Waals surface area contributed by atoms with E-state index in [4.69, 9.17) is 14.6 Å². The van der Waals surface area contributed by atoms with Gasteiger partial charge in [0.15, 0.2) is 0 Å². The standard InChI is InChI=1S/C20H28N4O2/c1-2-26-18-15-17(20(18)7-13-25-14-8-20)22-19-6-12-24(23-19)11-5-16-3-9-21-10-4-16/h3-4,6,9-10,12,17-18H,2,5,7-8,11,13-15H2,1H3,(H,22,23). The Morgan fingerprint density at radius 3 is 2.85 bits per heavy atom. The molecule has 1 saturated carbocycles. The molecule has 2 atom stereocenters. The number of rotatable bonds is 7. The van der Waals surface area contributed by atoms with Crippen LogP contribution in [0, 0.1) is 5.41 Å². The quantitative estimate of drug-likeness (QED) is 0.826. The molecule has 26 heavy (non-hydrogen) atoms. The van der Waals surface area contributed by atoms with Crippen molar-refractivity contribution in [3.05, 3.63) is 42.4 Å². The highest BCUT2D eigenvalue weighted by Gasteiger charge is 2.56. The molecule has 0 amide bonds. The molecule has 1 aliphatic heterocycles. The van der Waals surface area contributed by atoms with E-state index in [2.05, 4.69) is 41.6 Å². The third kappa shape index (κ3) is 3.48. The highest BCUT2D eigenvalue weighted by Crippen LogP contribution is 2.51. The van der Waals surface area contributed by atoms with Gasteiger partial charge in [-0.2, -0.15) is 5.10 Å². The van der Waals surface area contributed by atoms with Crippen LogP contribution in [0.25, 0.3) is 0 Å². The summed E-state index contributed by atoms with van der Waals surface area (Å²) in [5.74, 6) is 0.963. The van der Waals surface area contributed by atoms with Gasteiger partial charge >= 0.3 is 0 Å². The van der Waals surface area contributed by atoms with E-state index >= 15 is 0 Å². The second kappa shape index (κ2) is 7.76. The van der Waals surface area contributed by atoms with Crippen LogP contribution in [0.1, 0.15) is 31.7 Å². The molecule has 0 bridgehead atoms. The third-order valence-electron chi connectivity index (χ3n) is 5.92. The average molecular weight is 356 g/mol. The highest BCUT2D eigenvalue weighted by molar-refractivity contribution is 5.37. The Kier molecular flexibility index (Phi) is 5.22. The molecule has 2 fully saturated rings. The van der Waals surface area contributed by atoms with E-state index < -0.39 is 0 Å². The molecule has 0 aromatic carbocycles. The normalized spacial score (nSPS) is 24.3. The number of hydrogen-bond acceptors (Lipinski definition) is 5. The molecule has 140 valence electrons. The molecule has 2 aromatic heterocycles. The maximum absolute atomic E-state index is 6.01. The van der Waals surface area contributed by atoms with Crippen molar-refractivity contribution in [1.82, 2.24) is 14.8 Å². The first kappa shape index (κ1) is 17.5. The first-order chi connectivity index (χ1) is 12.8. The topological polar surface area (TPSA) is 61.2 Å². The van der Waals surface area contributed by atoms with Gasteiger partial charge in [0.05, 0.1) is 6.10 Å². The third-order valence-corrected chi connectivity index (χ3v) is 5.92. The van der Waals surface area contributed by atoms with Crippen molar-refractivity contribution in [1.29, 1.82) is 0 Å². The zero-order valence-corrected chi connectivity index (χ0v) is 15.4. The van der Waals surface area contributed by atoms with Gasteiger partial charge in [-0.1, -0.05) is 0 Å². The monoisotopic (exact) mass is 356 g/mol. The van der Waals surface area contributed by atoms with Gasteiger partial charge in [0.25, 0.3) is 0 Å². The Balaban J connectivity index is 1.36. The molecule has 2 aliphatic rings. The number of pyridine rings is 1. The van der Waals surface area contributed by atoms with Gasteiger partial charge in [0, 0.05) is 62.5 Å². The van der Waals surface area contributed by atoms with Crippen LogP contribution in [-0.4, -0.2) is 46.7 Å². The lowest BCUT2D eigenvalue weighted by molar-refractivity contribution is -0.159. The van der Waals surface area contributed by atoms with Gasteiger partial charge in [0.2, 0.25) is 0 Å². The zero-order valence-electron chi connectivity index (χ0n) is 15.4. The van der Waals surface area contributed by atoms with Crippen molar-refractivity contribution in [2.75, 3.05) is 25.1 Å². The van der Waals surface area contributed by atoms with Crippen LogP contribution in [0.5, 0.6) is 0 Å². The summed E-state index contributed by atoms with van der Waals surface area (Å²) in [5.41, 5.74) is 1.49. The van der Waals surface area contributed by atoms with Crippen LogP contribution in [0.15, 0.2) is 36.8 Å². The number of anilines is 1. The minimum atomic E-state index is 0.203. The van der Waals surface area contributed by atoms with Crippen LogP contribution >= 0.6 is 0 Å². The second-order valence-corrected chi connectivity index (χ2v) is 7.29. The SMILES string of the molecule is CCOC1CC(Nc2ccn(CCc3ccncc3)n2)C12CCOCC2. The molecule has 1 N–H and O–H groups in total. The minimum absolute atomic E-state index is 0.203. The van der Waals surface area contributed by atoms with Gasteiger partial charge in [-0.25, -0.2) is 0 Å². The lowest BCUT2D eigenvalue weighted by atomic mass is 9.57. The molecule has 2 aromatic rings. The maximum atomic E-state index is 6.01. The Labute approximate surface area is 154 Å². The van der Waals surface area contributed by atoms with Gasteiger partial charge < -0.3 is 14.8 Å². The highest BCUT2D eigenvalue weighted by atomic mass is 16.5. The number of hydrogen-bond donors (Lipinski definition) is 1. The minimum Gasteiger partial charge on any atom is -0.381 e. The van der Waals surface area contributed by atoms with Crippen molar-refractivity contribution >= 4 is 5.82 Å². The molecule has 2 unspecified atom stereocenters. The molecule has 4 rings (SSSR count). The van der Waals surface area contributed by atoms with E-state index in [1.165, 1.54) is 5.56 Å². The Morgan fingerprint density at radius 1 is 1.27 bits per heavy atom. The lowest BCUT2D eigenvalue weighted by Gasteiger charge is -2.57. The van der Waals surface area contributed by atoms with Crippen molar-refractivity contribution in [2.24, 2.45) is 5.41 Å². The maximum Gasteiger partial charge on any atom is 0.148 e. The van der Waals surface area contributed by atoms with Gasteiger partial charge in [-0.05, 0) is 50.3 Å². The Hall–Kier alpha value is -1.92. The van der Waals surface area contributed by atoms with Crippen LogP contribution in [0.3, 0.4) is 0 Å². The smallest absolute Gasteiger partial charge is 0.148 e. The molecular formula is C20H28N4O2. The first-order valence-electron chi connectivity index (χ1n) is 9.68. The van der Waals surface area contributed by atoms with Crippen molar-refractivity contribution in [3.63, 3.8) is 0 Å². The summed E-state index contributed by atoms with van der Waals surface area (Å²) in [7, 11) is 0. The van der Waals surface area contributed by atoms with Gasteiger partial charge in [-0.3, -0.25) is 9.67 Å². The summed E-state index contributed by atoms with van der Waals surface area (Å²) in [6.45, 7) is 5.41. The number of aromatic nitrogens is 3. The molecule has 6 nitrogen and oxygen atoms in total. The van der Waals surface area contributed by atoms with E-state index in [9.17, 15) is 0 Å². The van der Waals surface area contributed by atoms with E-state index in [1.807, 2.05) is 17.1 Å². The number of aryl methyl sites for hydroxylation is 2.